The van der Waals surface area contributed by atoms with Crippen LogP contribution in [0.1, 0.15) is 8.29 Å². The monoisotopic (exact) mass is 278 g/mol. The van der Waals surface area contributed by atoms with Gasteiger partial charge in [-0.1, -0.05) is 6.92 Å². The van der Waals surface area contributed by atoms with Crippen LogP contribution in [0, 0.1) is 36.5 Å². The van der Waals surface area contributed by atoms with Gasteiger partial charge in [0.05, 0.1) is 0 Å². The Labute approximate surface area is 51.0 Å². The fourth-order valence-corrected chi connectivity index (χ4v) is 0. The van der Waals surface area contributed by atoms with E-state index in [-0.39, 0.29) is 36.0 Å². The third kappa shape index (κ3) is 14.9. The Morgan fingerprint density at radius 3 is 2.25 bits per heavy atom. The Morgan fingerprint density at radius 1 is 2.25 bits per heavy atom. The second kappa shape index (κ2) is 9.26. The first-order valence-corrected chi connectivity index (χ1v) is 0.789. The summed E-state index contributed by atoms with van der Waals surface area (Å²) in [5.74, 6) is 0. The predicted molar refractivity (Wildman–Crippen MR) is 14.5 cm³/mol. The number of allylic oxidation sites excluding steroid dienone is 1. The van der Waals surface area contributed by atoms with Crippen LogP contribution in [0.2, 0.25) is 0 Å². The topological polar surface area (TPSA) is 0 Å². The predicted octanol–water partition coefficient (Wildman–Crippen LogP) is 0.995. The van der Waals surface area contributed by atoms with Crippen molar-refractivity contribution >= 4 is 0 Å². The first-order chi connectivity index (χ1) is 1.73. The summed E-state index contributed by atoms with van der Waals surface area (Å²) in [7, 11) is 0. The molecule has 0 aliphatic carbocycles. The molecule has 1 radical (unpaired) electrons. The van der Waals surface area contributed by atoms with Crippen molar-refractivity contribution in [1.82, 2.24) is 0 Å². The Kier molecular flexibility index (Phi) is 11.0. The number of rotatable bonds is 0. The molecule has 23 valence electrons. The molecule has 0 aromatic rings. The van der Waals surface area contributed by atoms with Gasteiger partial charge in [-0.2, -0.15) is 0 Å². The zero-order chi connectivity index (χ0) is 3.58. The number of hydrogen-bond donors (Lipinski definition) is 0. The van der Waals surface area contributed by atoms with Crippen molar-refractivity contribution in [2.75, 3.05) is 0 Å². The third-order valence-electron chi connectivity index (χ3n) is 0. The average molecular weight is 279 g/mol. The summed E-state index contributed by atoms with van der Waals surface area (Å²) in [6, 6.07) is 0.167. The molecule has 0 aliphatic rings. The molecule has 0 heterocycles. The molecule has 0 rings (SSSR count). The van der Waals surface area contributed by atoms with E-state index in [1.807, 2.05) is 0 Å². The molecule has 1 heteroatoms. The van der Waals surface area contributed by atoms with Gasteiger partial charge in [-0.25, -0.2) is 0 Å². The van der Waals surface area contributed by atoms with Gasteiger partial charge < -0.3 is 6.58 Å². The zero-order valence-corrected chi connectivity index (χ0v) is 6.25. The van der Waals surface area contributed by atoms with Gasteiger partial charge >= 0.3 is 0 Å². The molecule has 0 atom stereocenters. The van der Waals surface area contributed by atoms with Crippen LogP contribution < -0.4 is 0 Å². The second-order valence-corrected chi connectivity index (χ2v) is 0.289. The maximum absolute atomic E-state index is 6.28. The smallest absolute Gasteiger partial charge is 0.0159 e. The van der Waals surface area contributed by atoms with Crippen molar-refractivity contribution in [2.45, 2.75) is 6.92 Å². The summed E-state index contributed by atoms with van der Waals surface area (Å²) < 4.78 is 6.28. The standard InChI is InChI=1S/C3H5.Np/c1-3-2;/h1,3H,2H3;/q-1;/i3D;. The molecule has 0 N–H and O–H groups in total. The van der Waals surface area contributed by atoms with Crippen molar-refractivity contribution in [3.63, 3.8) is 0 Å². The SMILES string of the molecule is [2H]C(=[CH-])C.[Np]. The van der Waals surface area contributed by atoms with E-state index in [0.29, 0.717) is 0 Å². The maximum Gasteiger partial charge on any atom is 0.0159 e. The van der Waals surface area contributed by atoms with E-state index in [2.05, 4.69) is 0 Å². The largest absolute Gasteiger partial charge is 0.518 e. The number of hydrogen-bond acceptors (Lipinski definition) is 0. The van der Waals surface area contributed by atoms with Crippen molar-refractivity contribution in [3.05, 3.63) is 12.6 Å². The van der Waals surface area contributed by atoms with Crippen LogP contribution >= 0.6 is 0 Å². The van der Waals surface area contributed by atoms with Crippen LogP contribution in [0.3, 0.4) is 0 Å². The average Bonchev–Trinajstić information content (AvgIpc) is 0.811. The van der Waals surface area contributed by atoms with Crippen LogP contribution in [0.25, 0.3) is 0 Å². The van der Waals surface area contributed by atoms with Gasteiger partial charge in [-0.05, 0) is 0 Å². The van der Waals surface area contributed by atoms with Gasteiger partial charge in [0.15, 0.2) is 0 Å². The summed E-state index contributed by atoms with van der Waals surface area (Å²) in [6.07, 6.45) is 0. The molecule has 0 fully saturated rings. The van der Waals surface area contributed by atoms with E-state index in [1.54, 1.807) is 0 Å². The fourth-order valence-electron chi connectivity index (χ4n) is 0. The molecule has 0 bridgehead atoms. The first-order valence-electron chi connectivity index (χ1n) is 1.29. The van der Waals surface area contributed by atoms with E-state index in [0.717, 1.165) is 0 Å². The van der Waals surface area contributed by atoms with Gasteiger partial charge in [-0.15, -0.1) is 0 Å². The molecular weight excluding hydrogens is 273 g/mol. The van der Waals surface area contributed by atoms with Crippen molar-refractivity contribution < 1.29 is 31.3 Å². The minimum Gasteiger partial charge on any atom is -0.518 e. The van der Waals surface area contributed by atoms with Crippen LogP contribution in [0.15, 0.2) is 6.05 Å². The molecule has 0 aromatic carbocycles. The summed E-state index contributed by atoms with van der Waals surface area (Å²) in [5, 5.41) is 0. The molecule has 0 saturated heterocycles. The maximum atomic E-state index is 6.28. The van der Waals surface area contributed by atoms with Crippen LogP contribution in [-0.4, -0.2) is 0 Å². The summed E-state index contributed by atoms with van der Waals surface area (Å²) in [6.45, 7) is 6.22. The van der Waals surface area contributed by atoms with Gasteiger partial charge in [0.2, 0.25) is 0 Å². The Hall–Kier alpha value is 0.753. The second-order valence-electron chi connectivity index (χ2n) is 0.289. The molecule has 0 amide bonds. The molecule has 0 saturated carbocycles. The Morgan fingerprint density at radius 2 is 2.25 bits per heavy atom. The minimum atomic E-state index is 0. The van der Waals surface area contributed by atoms with Crippen LogP contribution in [0.4, 0.5) is 0 Å². The quantitative estimate of drug-likeness (QED) is 0.580. The van der Waals surface area contributed by atoms with E-state index in [4.69, 9.17) is 7.95 Å². The molecule has 0 unspecified atom stereocenters. The van der Waals surface area contributed by atoms with Crippen LogP contribution in [-0.2, 0) is 0 Å². The van der Waals surface area contributed by atoms with Crippen molar-refractivity contribution in [3.8, 4) is 0 Å². The van der Waals surface area contributed by atoms with Crippen molar-refractivity contribution in [1.29, 1.82) is 0 Å². The zero-order valence-electron chi connectivity index (χ0n) is 3.52. The van der Waals surface area contributed by atoms with Crippen molar-refractivity contribution in [2.24, 2.45) is 0 Å². The van der Waals surface area contributed by atoms with Gasteiger partial charge in [-0.3, -0.25) is 6.05 Å². The molecule has 0 aliphatic heterocycles. The van der Waals surface area contributed by atoms with E-state index < -0.39 is 0 Å². The van der Waals surface area contributed by atoms with Gasteiger partial charge in [0.1, 0.15) is 0 Å². The Balaban J connectivity index is 0. The molecular formula is C3H5Np-. The summed E-state index contributed by atoms with van der Waals surface area (Å²) in [5.41, 5.74) is 0. The summed E-state index contributed by atoms with van der Waals surface area (Å²) >= 11 is 0. The Bertz CT molecular complexity index is 29.9. The van der Waals surface area contributed by atoms with Crippen LogP contribution in [0.5, 0.6) is 0 Å². The molecule has 0 nitrogen and oxygen atoms in total. The third-order valence-corrected chi connectivity index (χ3v) is 0. The van der Waals surface area contributed by atoms with Gasteiger partial charge in [0, 0.05) is 31.3 Å². The first kappa shape index (κ1) is 4.75. The van der Waals surface area contributed by atoms with Gasteiger partial charge in [0.25, 0.3) is 0 Å². The normalized spacial score (nSPS) is 6.75. The van der Waals surface area contributed by atoms with E-state index in [1.165, 1.54) is 6.92 Å². The summed E-state index contributed by atoms with van der Waals surface area (Å²) in [4.78, 5) is 0. The van der Waals surface area contributed by atoms with E-state index >= 15 is 0 Å². The molecule has 0 spiro atoms. The van der Waals surface area contributed by atoms with E-state index in [9.17, 15) is 0 Å². The minimum absolute atomic E-state index is 0. The fraction of sp³-hybridized carbons (Fsp3) is 0.333. The molecule has 4 heavy (non-hydrogen) atoms. The molecule has 0 aromatic heterocycles.